The molecule has 0 radical (unpaired) electrons. The second-order valence-corrected chi connectivity index (χ2v) is 4.68. The van der Waals surface area contributed by atoms with Crippen LogP contribution in [0.2, 0.25) is 0 Å². The number of carbonyl (C=O) groups is 1. The normalized spacial score (nSPS) is 10.4. The Balaban J connectivity index is 1.98. The molecule has 1 aromatic carbocycles. The summed E-state index contributed by atoms with van der Waals surface area (Å²) in [6, 6.07) is 12.6. The minimum absolute atomic E-state index is 0.274. The standard InChI is InChI=1S/C16H11N3O2/c17-9-14-7-11(3-5-18-14)10-19-6-4-12-8-13(16(20)21)1-2-15(12)19/h1-8H,10H2,(H,20,21). The number of pyridine rings is 1. The molecule has 2 aromatic heterocycles. The molecular formula is C16H11N3O2. The van der Waals surface area contributed by atoms with Crippen LogP contribution in [0.4, 0.5) is 0 Å². The molecule has 0 atom stereocenters. The lowest BCUT2D eigenvalue weighted by molar-refractivity contribution is 0.0697. The maximum atomic E-state index is 11.0. The molecule has 3 rings (SSSR count). The fraction of sp³-hybridized carbons (Fsp3) is 0.0625. The van der Waals surface area contributed by atoms with Crippen molar-refractivity contribution in [3.05, 3.63) is 65.6 Å². The lowest BCUT2D eigenvalue weighted by Gasteiger charge is -2.06. The molecule has 0 fully saturated rings. The number of benzene rings is 1. The van der Waals surface area contributed by atoms with Gasteiger partial charge in [-0.1, -0.05) is 0 Å². The quantitative estimate of drug-likeness (QED) is 0.798. The van der Waals surface area contributed by atoms with Crippen LogP contribution >= 0.6 is 0 Å². The monoisotopic (exact) mass is 277 g/mol. The molecule has 0 aliphatic heterocycles. The summed E-state index contributed by atoms with van der Waals surface area (Å²) in [5.74, 6) is -0.933. The predicted molar refractivity (Wildman–Crippen MR) is 77.0 cm³/mol. The first-order valence-electron chi connectivity index (χ1n) is 6.34. The summed E-state index contributed by atoms with van der Waals surface area (Å²) >= 11 is 0. The molecular weight excluding hydrogens is 266 g/mol. The summed E-state index contributed by atoms with van der Waals surface area (Å²) in [7, 11) is 0. The summed E-state index contributed by atoms with van der Waals surface area (Å²) in [5.41, 5.74) is 2.59. The van der Waals surface area contributed by atoms with Crippen LogP contribution in [-0.2, 0) is 6.54 Å². The zero-order chi connectivity index (χ0) is 14.8. The average Bonchev–Trinajstić information content (AvgIpc) is 2.90. The zero-order valence-corrected chi connectivity index (χ0v) is 11.0. The van der Waals surface area contributed by atoms with E-state index in [-0.39, 0.29) is 5.56 Å². The largest absolute Gasteiger partial charge is 0.478 e. The molecule has 5 nitrogen and oxygen atoms in total. The summed E-state index contributed by atoms with van der Waals surface area (Å²) in [4.78, 5) is 14.9. The Kier molecular flexibility index (Phi) is 3.13. The van der Waals surface area contributed by atoms with Crippen molar-refractivity contribution in [2.45, 2.75) is 6.54 Å². The second-order valence-electron chi connectivity index (χ2n) is 4.68. The van der Waals surface area contributed by atoms with Gasteiger partial charge in [0.2, 0.25) is 0 Å². The first-order chi connectivity index (χ1) is 10.2. The van der Waals surface area contributed by atoms with E-state index in [4.69, 9.17) is 10.4 Å². The van der Waals surface area contributed by atoms with Gasteiger partial charge in [0, 0.05) is 29.8 Å². The van der Waals surface area contributed by atoms with Crippen molar-refractivity contribution in [1.82, 2.24) is 9.55 Å². The van der Waals surface area contributed by atoms with Crippen LogP contribution in [0.3, 0.4) is 0 Å². The van der Waals surface area contributed by atoms with Crippen LogP contribution < -0.4 is 0 Å². The average molecular weight is 277 g/mol. The van der Waals surface area contributed by atoms with Gasteiger partial charge < -0.3 is 9.67 Å². The van der Waals surface area contributed by atoms with Crippen molar-refractivity contribution in [1.29, 1.82) is 5.26 Å². The number of rotatable bonds is 3. The van der Waals surface area contributed by atoms with Gasteiger partial charge in [-0.2, -0.15) is 5.26 Å². The number of carboxylic acids is 1. The van der Waals surface area contributed by atoms with Crippen molar-refractivity contribution in [2.24, 2.45) is 0 Å². The van der Waals surface area contributed by atoms with Gasteiger partial charge >= 0.3 is 5.97 Å². The maximum absolute atomic E-state index is 11.0. The Bertz CT molecular complexity index is 875. The molecule has 21 heavy (non-hydrogen) atoms. The Hall–Kier alpha value is -3.13. The summed E-state index contributed by atoms with van der Waals surface area (Å²) in [5, 5.41) is 18.7. The number of nitrogens with zero attached hydrogens (tertiary/aromatic N) is 3. The van der Waals surface area contributed by atoms with E-state index in [2.05, 4.69) is 4.98 Å². The van der Waals surface area contributed by atoms with Crippen LogP contribution in [0.15, 0.2) is 48.8 Å². The Morgan fingerprint density at radius 2 is 2.14 bits per heavy atom. The van der Waals surface area contributed by atoms with Crippen LogP contribution in [0, 0.1) is 11.3 Å². The topological polar surface area (TPSA) is 78.9 Å². The van der Waals surface area contributed by atoms with E-state index in [0.717, 1.165) is 16.5 Å². The van der Waals surface area contributed by atoms with Crippen LogP contribution in [0.25, 0.3) is 10.9 Å². The molecule has 3 aromatic rings. The van der Waals surface area contributed by atoms with Gasteiger partial charge in [0.25, 0.3) is 0 Å². The Labute approximate surface area is 120 Å². The van der Waals surface area contributed by atoms with Gasteiger partial charge in [-0.15, -0.1) is 0 Å². The number of hydrogen-bond acceptors (Lipinski definition) is 3. The molecule has 0 aliphatic carbocycles. The number of hydrogen-bond donors (Lipinski definition) is 1. The van der Waals surface area contributed by atoms with Crippen LogP contribution in [0.1, 0.15) is 21.6 Å². The summed E-state index contributed by atoms with van der Waals surface area (Å²) in [6.07, 6.45) is 3.52. The third kappa shape index (κ3) is 2.47. The minimum atomic E-state index is -0.933. The summed E-state index contributed by atoms with van der Waals surface area (Å²) < 4.78 is 2.01. The zero-order valence-electron chi connectivity index (χ0n) is 11.0. The van der Waals surface area contributed by atoms with Crippen molar-refractivity contribution < 1.29 is 9.90 Å². The molecule has 0 spiro atoms. The van der Waals surface area contributed by atoms with Gasteiger partial charge in [0.05, 0.1) is 5.56 Å². The van der Waals surface area contributed by atoms with Crippen molar-refractivity contribution >= 4 is 16.9 Å². The number of nitriles is 1. The fourth-order valence-corrected chi connectivity index (χ4v) is 2.30. The van der Waals surface area contributed by atoms with Crippen LogP contribution in [-0.4, -0.2) is 20.6 Å². The number of fused-ring (bicyclic) bond motifs is 1. The van der Waals surface area contributed by atoms with Crippen molar-refractivity contribution in [3.8, 4) is 6.07 Å². The van der Waals surface area contributed by atoms with Crippen molar-refractivity contribution in [3.63, 3.8) is 0 Å². The smallest absolute Gasteiger partial charge is 0.335 e. The highest BCUT2D eigenvalue weighted by Crippen LogP contribution is 2.19. The molecule has 0 saturated heterocycles. The summed E-state index contributed by atoms with van der Waals surface area (Å²) in [6.45, 7) is 0.604. The minimum Gasteiger partial charge on any atom is -0.478 e. The molecule has 5 heteroatoms. The lowest BCUT2D eigenvalue weighted by Crippen LogP contribution is -2.00. The molecule has 102 valence electrons. The van der Waals surface area contributed by atoms with Gasteiger partial charge in [0.1, 0.15) is 11.8 Å². The Morgan fingerprint density at radius 1 is 1.29 bits per heavy atom. The third-order valence-electron chi connectivity index (χ3n) is 3.31. The van der Waals surface area contributed by atoms with E-state index < -0.39 is 5.97 Å². The van der Waals surface area contributed by atoms with Crippen LogP contribution in [0.5, 0.6) is 0 Å². The lowest BCUT2D eigenvalue weighted by atomic mass is 10.1. The Morgan fingerprint density at radius 3 is 2.90 bits per heavy atom. The first kappa shape index (κ1) is 12.9. The third-order valence-corrected chi connectivity index (χ3v) is 3.31. The molecule has 0 amide bonds. The molecule has 0 bridgehead atoms. The fourth-order valence-electron chi connectivity index (χ4n) is 2.30. The van der Waals surface area contributed by atoms with E-state index >= 15 is 0 Å². The predicted octanol–water partition coefficient (Wildman–Crippen LogP) is 2.65. The molecule has 0 aliphatic rings. The molecule has 2 heterocycles. The highest BCUT2D eigenvalue weighted by molar-refractivity contribution is 5.93. The van der Waals surface area contributed by atoms with E-state index in [1.165, 1.54) is 0 Å². The van der Waals surface area contributed by atoms with Gasteiger partial charge in [0.15, 0.2) is 0 Å². The van der Waals surface area contributed by atoms with E-state index in [1.54, 1.807) is 30.5 Å². The van der Waals surface area contributed by atoms with E-state index in [9.17, 15) is 4.79 Å². The van der Waals surface area contributed by atoms with E-state index in [0.29, 0.717) is 12.2 Å². The van der Waals surface area contributed by atoms with Gasteiger partial charge in [-0.3, -0.25) is 0 Å². The second kappa shape index (κ2) is 5.10. The van der Waals surface area contributed by atoms with Gasteiger partial charge in [-0.05, 0) is 42.0 Å². The van der Waals surface area contributed by atoms with Gasteiger partial charge in [-0.25, -0.2) is 9.78 Å². The SMILES string of the molecule is N#Cc1cc(Cn2ccc3cc(C(=O)O)ccc32)ccn1. The molecule has 0 unspecified atom stereocenters. The highest BCUT2D eigenvalue weighted by atomic mass is 16.4. The van der Waals surface area contributed by atoms with E-state index in [1.807, 2.05) is 29.0 Å². The maximum Gasteiger partial charge on any atom is 0.335 e. The number of carboxylic acid groups (broad SMARTS) is 1. The first-order valence-corrected chi connectivity index (χ1v) is 6.34. The number of aromatic carboxylic acids is 1. The molecule has 0 saturated carbocycles. The number of aromatic nitrogens is 2. The molecule has 1 N–H and O–H groups in total. The van der Waals surface area contributed by atoms with Crippen molar-refractivity contribution in [2.75, 3.05) is 0 Å². The highest BCUT2D eigenvalue weighted by Gasteiger charge is 2.07.